The molecule has 0 aromatic heterocycles. The van der Waals surface area contributed by atoms with E-state index in [0.29, 0.717) is 19.5 Å². The number of carbonyl (C=O) groups is 2. The monoisotopic (exact) mass is 338 g/mol. The number of benzene rings is 1. The lowest BCUT2D eigenvalue weighted by molar-refractivity contribution is -0.135. The highest BCUT2D eigenvalue weighted by molar-refractivity contribution is 9.10. The van der Waals surface area contributed by atoms with Gasteiger partial charge in [0.25, 0.3) is 0 Å². The third kappa shape index (κ3) is 2.87. The average Bonchev–Trinajstić information content (AvgIpc) is 2.88. The fraction of sp³-hybridized carbons (Fsp3) is 0.467. The molecule has 1 aromatic rings. The van der Waals surface area contributed by atoms with Gasteiger partial charge in [0, 0.05) is 17.6 Å². The van der Waals surface area contributed by atoms with Gasteiger partial charge < -0.3 is 10.6 Å². The Hall–Kier alpha value is -1.36. The zero-order valence-corrected chi connectivity index (χ0v) is 13.3. The molecule has 1 aliphatic rings. The molecule has 1 fully saturated rings. The highest BCUT2D eigenvalue weighted by atomic mass is 79.9. The van der Waals surface area contributed by atoms with Gasteiger partial charge in [-0.1, -0.05) is 28.1 Å². The van der Waals surface area contributed by atoms with Crippen molar-refractivity contribution in [3.05, 3.63) is 34.3 Å². The summed E-state index contributed by atoms with van der Waals surface area (Å²) in [6.45, 7) is 4.87. The minimum atomic E-state index is -0.604. The number of nitrogens with two attached hydrogens (primary N) is 1. The Kier molecular flexibility index (Phi) is 4.18. The van der Waals surface area contributed by atoms with E-state index in [1.807, 2.05) is 38.1 Å². The molecule has 5 heteroatoms. The van der Waals surface area contributed by atoms with E-state index in [0.717, 1.165) is 10.0 Å². The zero-order chi connectivity index (χ0) is 14.9. The second kappa shape index (κ2) is 5.56. The molecule has 1 aromatic carbocycles. The second-order valence-electron chi connectivity index (χ2n) is 5.77. The number of primary amides is 1. The first-order chi connectivity index (χ1) is 9.32. The number of likely N-dealkylation sites (tertiary alicyclic amines) is 1. The number of carbonyl (C=O) groups excluding carboxylic acids is 2. The molecule has 2 N–H and O–H groups in total. The van der Waals surface area contributed by atoms with E-state index >= 15 is 0 Å². The van der Waals surface area contributed by atoms with Crippen molar-refractivity contribution in [3.8, 4) is 0 Å². The fourth-order valence-electron chi connectivity index (χ4n) is 2.56. The summed E-state index contributed by atoms with van der Waals surface area (Å²) in [6, 6.07) is 7.76. The Morgan fingerprint density at radius 1 is 1.30 bits per heavy atom. The molecule has 1 atom stereocenters. The molecule has 1 heterocycles. The molecule has 2 rings (SSSR count). The number of rotatable bonds is 3. The third-order valence-electron chi connectivity index (χ3n) is 3.98. The van der Waals surface area contributed by atoms with Crippen LogP contribution in [0.25, 0.3) is 0 Å². The smallest absolute Gasteiger partial charge is 0.232 e. The van der Waals surface area contributed by atoms with E-state index < -0.39 is 5.41 Å². The molecule has 1 saturated heterocycles. The summed E-state index contributed by atoms with van der Waals surface area (Å²) in [4.78, 5) is 25.6. The van der Waals surface area contributed by atoms with Gasteiger partial charge in [0.05, 0.1) is 11.3 Å². The van der Waals surface area contributed by atoms with Gasteiger partial charge in [0.15, 0.2) is 0 Å². The first-order valence-electron chi connectivity index (χ1n) is 6.67. The lowest BCUT2D eigenvalue weighted by Gasteiger charge is -2.29. The van der Waals surface area contributed by atoms with E-state index in [-0.39, 0.29) is 17.7 Å². The highest BCUT2D eigenvalue weighted by Crippen LogP contribution is 2.29. The van der Waals surface area contributed by atoms with Gasteiger partial charge in [0.1, 0.15) is 0 Å². The molecule has 1 unspecified atom stereocenters. The van der Waals surface area contributed by atoms with E-state index in [2.05, 4.69) is 15.9 Å². The van der Waals surface area contributed by atoms with Crippen molar-refractivity contribution in [1.82, 2.24) is 4.90 Å². The van der Waals surface area contributed by atoms with Gasteiger partial charge >= 0.3 is 0 Å². The first kappa shape index (κ1) is 15.0. The van der Waals surface area contributed by atoms with Crippen LogP contribution in [0.1, 0.15) is 25.8 Å². The van der Waals surface area contributed by atoms with E-state index in [9.17, 15) is 9.59 Å². The van der Waals surface area contributed by atoms with Crippen LogP contribution in [-0.4, -0.2) is 29.8 Å². The SMILES string of the molecule is CC(C)(C(=O)N1CCC(C(N)=O)C1)c1ccc(Br)cc1. The normalized spacial score (nSPS) is 19.1. The molecule has 0 radical (unpaired) electrons. The number of hydrogen-bond acceptors (Lipinski definition) is 2. The number of hydrogen-bond donors (Lipinski definition) is 1. The number of halogens is 1. The predicted octanol–water partition coefficient (Wildman–Crippen LogP) is 2.06. The summed E-state index contributed by atoms with van der Waals surface area (Å²) in [5.74, 6) is -0.481. The maximum Gasteiger partial charge on any atom is 0.232 e. The summed E-state index contributed by atoms with van der Waals surface area (Å²) < 4.78 is 0.986. The van der Waals surface area contributed by atoms with Crippen LogP contribution in [0.15, 0.2) is 28.7 Å². The van der Waals surface area contributed by atoms with Gasteiger partial charge in [-0.05, 0) is 38.0 Å². The van der Waals surface area contributed by atoms with E-state index in [1.54, 1.807) is 4.90 Å². The van der Waals surface area contributed by atoms with Gasteiger partial charge in [0.2, 0.25) is 11.8 Å². The van der Waals surface area contributed by atoms with Crippen LogP contribution in [0.2, 0.25) is 0 Å². The van der Waals surface area contributed by atoms with Crippen molar-refractivity contribution in [2.75, 3.05) is 13.1 Å². The minimum absolute atomic E-state index is 0.0450. The van der Waals surface area contributed by atoms with Crippen LogP contribution in [0.3, 0.4) is 0 Å². The van der Waals surface area contributed by atoms with Crippen LogP contribution in [0, 0.1) is 5.92 Å². The van der Waals surface area contributed by atoms with Crippen molar-refractivity contribution >= 4 is 27.7 Å². The van der Waals surface area contributed by atoms with Crippen LogP contribution < -0.4 is 5.73 Å². The zero-order valence-electron chi connectivity index (χ0n) is 11.7. The summed E-state index contributed by atoms with van der Waals surface area (Å²) >= 11 is 3.39. The standard InChI is InChI=1S/C15H19BrN2O2/c1-15(2,11-3-5-12(16)6-4-11)14(20)18-8-7-10(9-18)13(17)19/h3-6,10H,7-9H2,1-2H3,(H2,17,19). The largest absolute Gasteiger partial charge is 0.369 e. The molecular formula is C15H19BrN2O2. The van der Waals surface area contributed by atoms with Crippen molar-refractivity contribution in [3.63, 3.8) is 0 Å². The maximum absolute atomic E-state index is 12.7. The summed E-state index contributed by atoms with van der Waals surface area (Å²) in [7, 11) is 0. The molecule has 0 bridgehead atoms. The Morgan fingerprint density at radius 2 is 1.90 bits per heavy atom. The van der Waals surface area contributed by atoms with Crippen LogP contribution in [0.4, 0.5) is 0 Å². The fourth-order valence-corrected chi connectivity index (χ4v) is 2.83. The van der Waals surface area contributed by atoms with Crippen LogP contribution in [0.5, 0.6) is 0 Å². The highest BCUT2D eigenvalue weighted by Gasteiger charge is 2.38. The first-order valence-corrected chi connectivity index (χ1v) is 7.46. The van der Waals surface area contributed by atoms with Crippen molar-refractivity contribution in [2.24, 2.45) is 11.7 Å². The molecule has 0 aliphatic carbocycles. The van der Waals surface area contributed by atoms with Crippen LogP contribution >= 0.6 is 15.9 Å². The van der Waals surface area contributed by atoms with Gasteiger partial charge in [-0.2, -0.15) is 0 Å². The molecule has 108 valence electrons. The van der Waals surface area contributed by atoms with E-state index in [1.165, 1.54) is 0 Å². The molecule has 4 nitrogen and oxygen atoms in total. The molecule has 2 amide bonds. The van der Waals surface area contributed by atoms with Crippen molar-refractivity contribution in [1.29, 1.82) is 0 Å². The predicted molar refractivity (Wildman–Crippen MR) is 81.0 cm³/mol. The molecule has 0 spiro atoms. The molecule has 20 heavy (non-hydrogen) atoms. The second-order valence-corrected chi connectivity index (χ2v) is 6.69. The van der Waals surface area contributed by atoms with E-state index in [4.69, 9.17) is 5.73 Å². The van der Waals surface area contributed by atoms with Gasteiger partial charge in [-0.3, -0.25) is 9.59 Å². The number of amides is 2. The van der Waals surface area contributed by atoms with Gasteiger partial charge in [-0.15, -0.1) is 0 Å². The van der Waals surface area contributed by atoms with Crippen molar-refractivity contribution in [2.45, 2.75) is 25.7 Å². The van der Waals surface area contributed by atoms with Crippen LogP contribution in [-0.2, 0) is 15.0 Å². The summed E-state index contributed by atoms with van der Waals surface area (Å²) in [6.07, 6.45) is 0.664. The Labute approximate surface area is 127 Å². The maximum atomic E-state index is 12.7. The Balaban J connectivity index is 2.15. The molecule has 1 aliphatic heterocycles. The molecule has 0 saturated carbocycles. The van der Waals surface area contributed by atoms with Gasteiger partial charge in [-0.25, -0.2) is 0 Å². The Bertz CT molecular complexity index is 525. The quantitative estimate of drug-likeness (QED) is 0.916. The molecular weight excluding hydrogens is 320 g/mol. The van der Waals surface area contributed by atoms with Crippen molar-refractivity contribution < 1.29 is 9.59 Å². The topological polar surface area (TPSA) is 63.4 Å². The lowest BCUT2D eigenvalue weighted by atomic mass is 9.83. The minimum Gasteiger partial charge on any atom is -0.369 e. The summed E-state index contributed by atoms with van der Waals surface area (Å²) in [5, 5.41) is 0. The number of nitrogens with zero attached hydrogens (tertiary/aromatic N) is 1. The Morgan fingerprint density at radius 3 is 2.40 bits per heavy atom. The lowest BCUT2D eigenvalue weighted by Crippen LogP contribution is -2.43. The third-order valence-corrected chi connectivity index (χ3v) is 4.51. The summed E-state index contributed by atoms with van der Waals surface area (Å²) in [5.41, 5.74) is 5.68. The average molecular weight is 339 g/mol.